The summed E-state index contributed by atoms with van der Waals surface area (Å²) >= 11 is 0. The topological polar surface area (TPSA) is 140 Å². The molecule has 0 radical (unpaired) electrons. The number of hydrogen-bond donors (Lipinski definition) is 1. The first-order valence-electron chi connectivity index (χ1n) is 9.56. The zero-order valence-corrected chi connectivity index (χ0v) is 17.0. The molecule has 1 aliphatic rings. The number of rotatable bonds is 10. The van der Waals surface area contributed by atoms with Crippen molar-refractivity contribution in [1.82, 2.24) is 0 Å². The molecule has 0 aromatic rings. The highest BCUT2D eigenvalue weighted by molar-refractivity contribution is 5.91. The molecule has 29 heavy (non-hydrogen) atoms. The van der Waals surface area contributed by atoms with E-state index in [4.69, 9.17) is 24.7 Å². The van der Waals surface area contributed by atoms with Gasteiger partial charge in [0.25, 0.3) is 0 Å². The van der Waals surface area contributed by atoms with Crippen LogP contribution in [0.3, 0.4) is 0 Å². The Morgan fingerprint density at radius 2 is 1.62 bits per heavy atom. The van der Waals surface area contributed by atoms with E-state index >= 15 is 0 Å². The van der Waals surface area contributed by atoms with E-state index in [9.17, 15) is 19.2 Å². The Morgan fingerprint density at radius 3 is 2.24 bits per heavy atom. The van der Waals surface area contributed by atoms with Crippen LogP contribution in [0, 0.1) is 0 Å². The van der Waals surface area contributed by atoms with Crippen molar-refractivity contribution in [2.45, 2.75) is 70.5 Å². The van der Waals surface area contributed by atoms with Gasteiger partial charge in [-0.2, -0.15) is 0 Å². The summed E-state index contributed by atoms with van der Waals surface area (Å²) in [5, 5.41) is 0. The van der Waals surface area contributed by atoms with E-state index in [1.807, 2.05) is 6.92 Å². The highest BCUT2D eigenvalue weighted by Crippen LogP contribution is 2.32. The lowest BCUT2D eigenvalue weighted by atomic mass is 10.0. The lowest BCUT2D eigenvalue weighted by Gasteiger charge is -2.42. The van der Waals surface area contributed by atoms with Gasteiger partial charge < -0.3 is 24.7 Å². The summed E-state index contributed by atoms with van der Waals surface area (Å²) in [5.74, 6) is -5.04. The van der Waals surface area contributed by atoms with E-state index in [0.717, 1.165) is 19.3 Å². The first-order valence-corrected chi connectivity index (χ1v) is 9.56. The molecule has 0 bridgehead atoms. The van der Waals surface area contributed by atoms with Crippen LogP contribution >= 0.6 is 0 Å². The number of hydrogen-bond acceptors (Lipinski definition) is 10. The fraction of sp³-hybridized carbons (Fsp3) is 0.684. The summed E-state index contributed by atoms with van der Waals surface area (Å²) in [6.45, 7) is 3.52. The van der Waals surface area contributed by atoms with Gasteiger partial charge in [0, 0.05) is 25.0 Å². The average Bonchev–Trinajstić information content (AvgIpc) is 2.67. The van der Waals surface area contributed by atoms with Gasteiger partial charge in [0.05, 0.1) is 13.2 Å². The summed E-state index contributed by atoms with van der Waals surface area (Å²) < 4.78 is 25.8. The fourth-order valence-corrected chi connectivity index (χ4v) is 2.51. The second-order valence-electron chi connectivity index (χ2n) is 6.46. The molecule has 0 saturated carbocycles. The second-order valence-corrected chi connectivity index (χ2v) is 6.46. The summed E-state index contributed by atoms with van der Waals surface area (Å²) in [6, 6.07) is -0.971. The van der Waals surface area contributed by atoms with Crippen LogP contribution in [-0.2, 0) is 42.9 Å². The molecule has 0 amide bonds. The molecule has 0 spiro atoms. The van der Waals surface area contributed by atoms with Crippen LogP contribution in [0.25, 0.3) is 0 Å². The van der Waals surface area contributed by atoms with Gasteiger partial charge in [-0.3, -0.25) is 14.3 Å². The van der Waals surface area contributed by atoms with Crippen molar-refractivity contribution < 1.29 is 42.9 Å². The van der Waals surface area contributed by atoms with Gasteiger partial charge in [-0.1, -0.05) is 13.8 Å². The molecular weight excluding hydrogens is 386 g/mol. The van der Waals surface area contributed by atoms with Gasteiger partial charge in [-0.05, 0) is 25.7 Å². The highest BCUT2D eigenvalue weighted by atomic mass is 16.9. The number of ether oxygens (including phenoxy) is 5. The molecule has 164 valence electrons. The monoisotopic (exact) mass is 415 g/mol. The standard InChI is InChI=1S/C19H29NO9/c1-4-6-16(22)26-12-13-8-9-14(20)19(27-13,28-17(23)7-5-2)29-18(24)11-10-15(21)25-3/h10-11,13-14H,4-9,12,20H2,1-3H3/b11-10+. The number of carbonyl (C=O) groups is 4. The van der Waals surface area contributed by atoms with E-state index in [0.29, 0.717) is 19.3 Å². The molecule has 1 aliphatic heterocycles. The van der Waals surface area contributed by atoms with Gasteiger partial charge in [0.2, 0.25) is 0 Å². The SMILES string of the molecule is CCCC(=O)OCC1CCC(N)C(OC(=O)/C=C/C(=O)OC)(OC(=O)CCC)O1. The summed E-state index contributed by atoms with van der Waals surface area (Å²) in [7, 11) is 1.15. The number of esters is 4. The zero-order valence-electron chi connectivity index (χ0n) is 17.0. The van der Waals surface area contributed by atoms with Crippen molar-refractivity contribution in [3.63, 3.8) is 0 Å². The van der Waals surface area contributed by atoms with Gasteiger partial charge in [0.1, 0.15) is 12.6 Å². The van der Waals surface area contributed by atoms with Crippen molar-refractivity contribution in [2.75, 3.05) is 13.7 Å². The Hall–Kier alpha value is -2.46. The van der Waals surface area contributed by atoms with Gasteiger partial charge in [-0.25, -0.2) is 9.59 Å². The predicted molar refractivity (Wildman–Crippen MR) is 98.9 cm³/mol. The molecule has 3 unspecified atom stereocenters. The first-order chi connectivity index (χ1) is 13.8. The number of carbonyl (C=O) groups excluding carboxylic acids is 4. The molecule has 1 rings (SSSR count). The molecule has 10 nitrogen and oxygen atoms in total. The molecule has 10 heteroatoms. The molecule has 0 aromatic carbocycles. The third-order valence-corrected chi connectivity index (χ3v) is 3.98. The van der Waals surface area contributed by atoms with Crippen LogP contribution < -0.4 is 5.73 Å². The maximum Gasteiger partial charge on any atom is 0.392 e. The molecule has 3 atom stereocenters. The molecule has 1 heterocycles. The van der Waals surface area contributed by atoms with Crippen LogP contribution in [0.15, 0.2) is 12.2 Å². The quantitative estimate of drug-likeness (QED) is 0.239. The molecule has 2 N–H and O–H groups in total. The van der Waals surface area contributed by atoms with Crippen LogP contribution in [0.5, 0.6) is 0 Å². The molecule has 0 aliphatic carbocycles. The van der Waals surface area contributed by atoms with Crippen LogP contribution in [0.4, 0.5) is 0 Å². The van der Waals surface area contributed by atoms with Crippen LogP contribution in [0.2, 0.25) is 0 Å². The van der Waals surface area contributed by atoms with Gasteiger partial charge in [-0.15, -0.1) is 0 Å². The molecular formula is C19H29NO9. The average molecular weight is 415 g/mol. The number of nitrogens with two attached hydrogens (primary N) is 1. The molecule has 1 saturated heterocycles. The highest BCUT2D eigenvalue weighted by Gasteiger charge is 2.51. The van der Waals surface area contributed by atoms with E-state index in [-0.39, 0.29) is 25.9 Å². The van der Waals surface area contributed by atoms with E-state index in [1.165, 1.54) is 0 Å². The minimum atomic E-state index is -2.19. The number of methoxy groups -OCH3 is 1. The van der Waals surface area contributed by atoms with Crippen LogP contribution in [-0.4, -0.2) is 55.7 Å². The van der Waals surface area contributed by atoms with E-state index in [2.05, 4.69) is 4.74 Å². The Kier molecular flexibility index (Phi) is 10.3. The Labute approximate surface area is 169 Å². The van der Waals surface area contributed by atoms with Crippen LogP contribution in [0.1, 0.15) is 52.4 Å². The van der Waals surface area contributed by atoms with Crippen molar-refractivity contribution in [1.29, 1.82) is 0 Å². The zero-order chi connectivity index (χ0) is 21.9. The molecule has 1 fully saturated rings. The first kappa shape index (κ1) is 24.6. The van der Waals surface area contributed by atoms with Crippen molar-refractivity contribution >= 4 is 23.9 Å². The molecule has 0 aromatic heterocycles. The Bertz CT molecular complexity index is 619. The van der Waals surface area contributed by atoms with E-state index in [1.54, 1.807) is 6.92 Å². The smallest absolute Gasteiger partial charge is 0.392 e. The third kappa shape index (κ3) is 8.20. The van der Waals surface area contributed by atoms with Crippen molar-refractivity contribution in [2.24, 2.45) is 5.73 Å². The summed E-state index contributed by atoms with van der Waals surface area (Å²) in [4.78, 5) is 47.0. The minimum absolute atomic E-state index is 0.0591. The Balaban J connectivity index is 2.95. The predicted octanol–water partition coefficient (Wildman–Crippen LogP) is 1.11. The maximum absolute atomic E-state index is 12.2. The Morgan fingerprint density at radius 1 is 1.00 bits per heavy atom. The van der Waals surface area contributed by atoms with Gasteiger partial charge in [0.15, 0.2) is 0 Å². The lowest BCUT2D eigenvalue weighted by Crippen LogP contribution is -2.61. The lowest BCUT2D eigenvalue weighted by molar-refractivity contribution is -0.381. The third-order valence-electron chi connectivity index (χ3n) is 3.98. The maximum atomic E-state index is 12.2. The second kappa shape index (κ2) is 12.2. The minimum Gasteiger partial charge on any atom is -0.466 e. The van der Waals surface area contributed by atoms with E-state index < -0.39 is 42.0 Å². The fourth-order valence-electron chi connectivity index (χ4n) is 2.51. The normalized spacial score (nSPS) is 24.0. The van der Waals surface area contributed by atoms with Gasteiger partial charge >= 0.3 is 29.9 Å². The van der Waals surface area contributed by atoms with Crippen molar-refractivity contribution in [3.8, 4) is 0 Å². The largest absolute Gasteiger partial charge is 0.466 e. The summed E-state index contributed by atoms with van der Waals surface area (Å²) in [6.07, 6.45) is 3.11. The van der Waals surface area contributed by atoms with Crippen molar-refractivity contribution in [3.05, 3.63) is 12.2 Å². The summed E-state index contributed by atoms with van der Waals surface area (Å²) in [5.41, 5.74) is 6.05.